The number of rotatable bonds is 4. The molecule has 0 spiro atoms. The Morgan fingerprint density at radius 2 is 2.00 bits per heavy atom. The SMILES string of the molecule is CNC(Cc1nc(C(C)(C)C)cs1)c1cc(C)cc(Br)c1. The first-order valence-electron chi connectivity index (χ1n) is 7.19. The number of halogens is 1. The number of aryl methyl sites for hydroxylation is 1. The third-order valence-electron chi connectivity index (χ3n) is 3.51. The molecule has 0 aliphatic heterocycles. The third-order valence-corrected chi connectivity index (χ3v) is 4.84. The first-order chi connectivity index (χ1) is 9.79. The molecule has 1 heterocycles. The summed E-state index contributed by atoms with van der Waals surface area (Å²) in [5.41, 5.74) is 3.88. The van der Waals surface area contributed by atoms with Gasteiger partial charge in [0, 0.05) is 27.7 Å². The van der Waals surface area contributed by atoms with Crippen LogP contribution in [0.3, 0.4) is 0 Å². The predicted octanol–water partition coefficient (Wildman–Crippen LogP) is 5.01. The Hall–Kier alpha value is -0.710. The summed E-state index contributed by atoms with van der Waals surface area (Å²) >= 11 is 5.35. The average Bonchev–Trinajstić information content (AvgIpc) is 2.83. The van der Waals surface area contributed by atoms with Gasteiger partial charge in [-0.1, -0.05) is 42.8 Å². The maximum Gasteiger partial charge on any atom is 0.0947 e. The van der Waals surface area contributed by atoms with Gasteiger partial charge in [0.1, 0.15) is 0 Å². The molecule has 2 nitrogen and oxygen atoms in total. The summed E-state index contributed by atoms with van der Waals surface area (Å²) in [6.45, 7) is 8.75. The maximum atomic E-state index is 4.81. The second kappa shape index (κ2) is 6.59. The number of aromatic nitrogens is 1. The fourth-order valence-electron chi connectivity index (χ4n) is 2.28. The fourth-order valence-corrected chi connectivity index (χ4v) is 3.97. The number of hydrogen-bond donors (Lipinski definition) is 1. The normalized spacial score (nSPS) is 13.4. The van der Waals surface area contributed by atoms with Crippen molar-refractivity contribution in [3.8, 4) is 0 Å². The number of hydrogen-bond acceptors (Lipinski definition) is 3. The molecule has 2 rings (SSSR count). The zero-order chi connectivity index (χ0) is 15.6. The summed E-state index contributed by atoms with van der Waals surface area (Å²) < 4.78 is 1.13. The topological polar surface area (TPSA) is 24.9 Å². The van der Waals surface area contributed by atoms with E-state index in [0.717, 1.165) is 10.9 Å². The monoisotopic (exact) mass is 366 g/mol. The molecule has 21 heavy (non-hydrogen) atoms. The molecule has 0 saturated heterocycles. The predicted molar refractivity (Wildman–Crippen MR) is 95.2 cm³/mol. The van der Waals surface area contributed by atoms with E-state index >= 15 is 0 Å². The van der Waals surface area contributed by atoms with Crippen LogP contribution in [0.1, 0.15) is 48.6 Å². The number of likely N-dealkylation sites (N-methyl/N-ethyl adjacent to an activating group) is 1. The van der Waals surface area contributed by atoms with E-state index in [4.69, 9.17) is 4.98 Å². The lowest BCUT2D eigenvalue weighted by atomic mass is 9.93. The van der Waals surface area contributed by atoms with Gasteiger partial charge in [-0.15, -0.1) is 11.3 Å². The number of thiazole rings is 1. The van der Waals surface area contributed by atoms with Gasteiger partial charge in [-0.2, -0.15) is 0 Å². The van der Waals surface area contributed by atoms with Crippen molar-refractivity contribution in [3.05, 3.63) is 49.9 Å². The van der Waals surface area contributed by atoms with Crippen LogP contribution in [0, 0.1) is 6.92 Å². The largest absolute Gasteiger partial charge is 0.313 e. The van der Waals surface area contributed by atoms with Crippen LogP contribution in [0.25, 0.3) is 0 Å². The minimum absolute atomic E-state index is 0.121. The highest BCUT2D eigenvalue weighted by atomic mass is 79.9. The molecule has 1 atom stereocenters. The standard InChI is InChI=1S/C17H23BrN2S/c1-11-6-12(8-13(18)7-11)14(19-5)9-16-20-15(10-21-16)17(2,3)4/h6-8,10,14,19H,9H2,1-5H3. The van der Waals surface area contributed by atoms with Crippen molar-refractivity contribution in [3.63, 3.8) is 0 Å². The lowest BCUT2D eigenvalue weighted by Gasteiger charge is -2.17. The van der Waals surface area contributed by atoms with Crippen molar-refractivity contribution >= 4 is 27.3 Å². The Balaban J connectivity index is 2.21. The molecule has 1 N–H and O–H groups in total. The van der Waals surface area contributed by atoms with Gasteiger partial charge in [-0.3, -0.25) is 0 Å². The van der Waals surface area contributed by atoms with Crippen LogP contribution in [0.5, 0.6) is 0 Å². The second-order valence-electron chi connectivity index (χ2n) is 6.48. The lowest BCUT2D eigenvalue weighted by Crippen LogP contribution is -2.19. The second-order valence-corrected chi connectivity index (χ2v) is 8.34. The summed E-state index contributed by atoms with van der Waals surface area (Å²) in [7, 11) is 2.01. The smallest absolute Gasteiger partial charge is 0.0947 e. The molecule has 1 unspecified atom stereocenters. The lowest BCUT2D eigenvalue weighted by molar-refractivity contribution is 0.560. The Morgan fingerprint density at radius 3 is 2.52 bits per heavy atom. The highest BCUT2D eigenvalue weighted by molar-refractivity contribution is 9.10. The summed E-state index contributed by atoms with van der Waals surface area (Å²) in [6, 6.07) is 6.86. The molecule has 0 bridgehead atoms. The molecule has 0 aliphatic carbocycles. The quantitative estimate of drug-likeness (QED) is 0.821. The zero-order valence-electron chi connectivity index (χ0n) is 13.3. The molecule has 2 aromatic rings. The van der Waals surface area contributed by atoms with E-state index in [-0.39, 0.29) is 5.41 Å². The van der Waals surface area contributed by atoms with E-state index in [1.165, 1.54) is 21.8 Å². The van der Waals surface area contributed by atoms with Gasteiger partial charge in [0.05, 0.1) is 10.7 Å². The minimum Gasteiger partial charge on any atom is -0.313 e. The number of benzene rings is 1. The molecular formula is C17H23BrN2S. The highest BCUT2D eigenvalue weighted by Gasteiger charge is 2.19. The van der Waals surface area contributed by atoms with Gasteiger partial charge in [0.2, 0.25) is 0 Å². The van der Waals surface area contributed by atoms with Gasteiger partial charge >= 0.3 is 0 Å². The first kappa shape index (κ1) is 16.7. The molecule has 1 aromatic heterocycles. The minimum atomic E-state index is 0.121. The van der Waals surface area contributed by atoms with Crippen LogP contribution in [-0.2, 0) is 11.8 Å². The van der Waals surface area contributed by atoms with E-state index in [0.29, 0.717) is 6.04 Å². The van der Waals surface area contributed by atoms with E-state index in [1.807, 2.05) is 7.05 Å². The van der Waals surface area contributed by atoms with E-state index in [1.54, 1.807) is 11.3 Å². The number of nitrogens with one attached hydrogen (secondary N) is 1. The van der Waals surface area contributed by atoms with Crippen LogP contribution >= 0.6 is 27.3 Å². The van der Waals surface area contributed by atoms with Crippen molar-refractivity contribution < 1.29 is 0 Å². The third kappa shape index (κ3) is 4.38. The van der Waals surface area contributed by atoms with Gasteiger partial charge in [0.15, 0.2) is 0 Å². The van der Waals surface area contributed by atoms with Crippen molar-refractivity contribution in [2.75, 3.05) is 7.05 Å². The van der Waals surface area contributed by atoms with Crippen LogP contribution in [-0.4, -0.2) is 12.0 Å². The first-order valence-corrected chi connectivity index (χ1v) is 8.86. The molecule has 114 valence electrons. The van der Waals surface area contributed by atoms with E-state index in [2.05, 4.69) is 72.5 Å². The van der Waals surface area contributed by atoms with Crippen LogP contribution in [0.2, 0.25) is 0 Å². The Morgan fingerprint density at radius 1 is 1.29 bits per heavy atom. The molecule has 0 amide bonds. The van der Waals surface area contributed by atoms with Gasteiger partial charge in [0.25, 0.3) is 0 Å². The van der Waals surface area contributed by atoms with Crippen molar-refractivity contribution in [2.45, 2.75) is 45.6 Å². The molecule has 0 saturated carbocycles. The molecule has 0 radical (unpaired) electrons. The molecule has 1 aromatic carbocycles. The van der Waals surface area contributed by atoms with Gasteiger partial charge in [-0.05, 0) is 37.2 Å². The molecule has 0 fully saturated rings. The van der Waals surface area contributed by atoms with E-state index in [9.17, 15) is 0 Å². The van der Waals surface area contributed by atoms with Crippen molar-refractivity contribution in [2.24, 2.45) is 0 Å². The van der Waals surface area contributed by atoms with Crippen LogP contribution in [0.15, 0.2) is 28.1 Å². The summed E-state index contributed by atoms with van der Waals surface area (Å²) in [4.78, 5) is 4.81. The summed E-state index contributed by atoms with van der Waals surface area (Å²) in [6.07, 6.45) is 0.924. The number of nitrogens with zero attached hydrogens (tertiary/aromatic N) is 1. The fraction of sp³-hybridized carbons (Fsp3) is 0.471. The Bertz CT molecular complexity index is 593. The van der Waals surface area contributed by atoms with Gasteiger partial charge < -0.3 is 5.32 Å². The van der Waals surface area contributed by atoms with Crippen molar-refractivity contribution in [1.82, 2.24) is 10.3 Å². The summed E-state index contributed by atoms with van der Waals surface area (Å²) in [5.74, 6) is 0. The molecular weight excluding hydrogens is 344 g/mol. The van der Waals surface area contributed by atoms with Crippen LogP contribution in [0.4, 0.5) is 0 Å². The molecule has 0 aliphatic rings. The maximum absolute atomic E-state index is 4.81. The highest BCUT2D eigenvalue weighted by Crippen LogP contribution is 2.28. The molecule has 4 heteroatoms. The Kier molecular flexibility index (Phi) is 5.23. The van der Waals surface area contributed by atoms with Gasteiger partial charge in [-0.25, -0.2) is 4.98 Å². The van der Waals surface area contributed by atoms with Crippen LogP contribution < -0.4 is 5.32 Å². The van der Waals surface area contributed by atoms with Crippen molar-refractivity contribution in [1.29, 1.82) is 0 Å². The van der Waals surface area contributed by atoms with E-state index < -0.39 is 0 Å². The zero-order valence-corrected chi connectivity index (χ0v) is 15.7. The average molecular weight is 367 g/mol. The Labute approximate surface area is 140 Å². The summed E-state index contributed by atoms with van der Waals surface area (Å²) in [5, 5.41) is 6.80.